The van der Waals surface area contributed by atoms with Crippen LogP contribution in [0.3, 0.4) is 0 Å². The lowest BCUT2D eigenvalue weighted by Crippen LogP contribution is -2.56. The second-order valence-corrected chi connectivity index (χ2v) is 6.18. The fraction of sp³-hybridized carbons (Fsp3) is 0.235. The monoisotopic (exact) mass is 304 g/mol. The third-order valence-electron chi connectivity index (χ3n) is 5.24. The van der Waals surface area contributed by atoms with Crippen molar-refractivity contribution in [3.63, 3.8) is 0 Å². The lowest BCUT2D eigenvalue weighted by molar-refractivity contribution is 0.0852. The van der Waals surface area contributed by atoms with Crippen LogP contribution in [0.25, 0.3) is 5.69 Å². The molecule has 0 saturated carbocycles. The van der Waals surface area contributed by atoms with Gasteiger partial charge in [0.05, 0.1) is 23.8 Å². The molecular formula is C17H12N4O2. The van der Waals surface area contributed by atoms with Crippen molar-refractivity contribution in [3.05, 3.63) is 75.6 Å². The fourth-order valence-corrected chi connectivity index (χ4v) is 4.09. The minimum atomic E-state index is -0.710. The molecule has 6 nitrogen and oxygen atoms in total. The van der Waals surface area contributed by atoms with Gasteiger partial charge in [-0.05, 0) is 12.1 Å². The molecule has 0 fully saturated rings. The Hall–Kier alpha value is -3.07. The summed E-state index contributed by atoms with van der Waals surface area (Å²) >= 11 is 0. The molecule has 0 unspecified atom stereocenters. The van der Waals surface area contributed by atoms with Crippen LogP contribution in [0.4, 0.5) is 0 Å². The number of rotatable bonds is 1. The van der Waals surface area contributed by atoms with Crippen LogP contribution in [0.1, 0.15) is 12.1 Å². The molecule has 2 aromatic rings. The van der Waals surface area contributed by atoms with E-state index in [9.17, 15) is 14.9 Å². The molecule has 3 heterocycles. The van der Waals surface area contributed by atoms with Crippen LogP contribution in [-0.4, -0.2) is 13.9 Å². The Morgan fingerprint density at radius 3 is 2.39 bits per heavy atom. The standard InChI is InChI=1S/C17H12N4O2/c18-10-17-9-8-12(17)13-6-7-14(17)21-16(23)19(15(22)20(13)21)11-4-2-1-3-5-11/h1-9,12-14H/t12-,13+,14+,17+/m0/s1. The van der Waals surface area contributed by atoms with Gasteiger partial charge in [-0.15, -0.1) is 0 Å². The molecule has 0 saturated heterocycles. The Kier molecular flexibility index (Phi) is 2.07. The molecule has 1 aromatic carbocycles. The smallest absolute Gasteiger partial charge is 0.245 e. The molecule has 0 spiro atoms. The number of hydrogen-bond acceptors (Lipinski definition) is 3. The average molecular weight is 304 g/mol. The Morgan fingerprint density at radius 2 is 1.74 bits per heavy atom. The van der Waals surface area contributed by atoms with Crippen LogP contribution in [0.2, 0.25) is 0 Å². The summed E-state index contributed by atoms with van der Waals surface area (Å²) in [7, 11) is 0. The predicted molar refractivity (Wildman–Crippen MR) is 82.2 cm³/mol. The Bertz CT molecular complexity index is 1050. The summed E-state index contributed by atoms with van der Waals surface area (Å²) in [6.45, 7) is 0. The number of hydrogen-bond donors (Lipinski definition) is 0. The molecule has 0 radical (unpaired) electrons. The lowest BCUT2D eigenvalue weighted by Gasteiger charge is -2.52. The van der Waals surface area contributed by atoms with Gasteiger partial charge < -0.3 is 0 Å². The summed E-state index contributed by atoms with van der Waals surface area (Å²) in [5.41, 5.74) is -0.914. The van der Waals surface area contributed by atoms with Crippen molar-refractivity contribution in [3.8, 4) is 11.8 Å². The Labute approximate surface area is 130 Å². The lowest BCUT2D eigenvalue weighted by atomic mass is 9.57. The highest BCUT2D eigenvalue weighted by atomic mass is 16.2. The zero-order valence-corrected chi connectivity index (χ0v) is 12.0. The first kappa shape index (κ1) is 12.5. The molecular weight excluding hydrogens is 292 g/mol. The maximum absolute atomic E-state index is 12.9. The van der Waals surface area contributed by atoms with E-state index in [1.807, 2.05) is 30.4 Å². The molecule has 1 aromatic heterocycles. The van der Waals surface area contributed by atoms with E-state index < -0.39 is 17.1 Å². The third-order valence-corrected chi connectivity index (χ3v) is 5.24. The Balaban J connectivity index is 1.84. The maximum atomic E-state index is 12.9. The topological polar surface area (TPSA) is 72.7 Å². The van der Waals surface area contributed by atoms with Gasteiger partial charge in [0.15, 0.2) is 0 Å². The molecule has 0 N–H and O–H groups in total. The van der Waals surface area contributed by atoms with Gasteiger partial charge in [-0.25, -0.2) is 23.5 Å². The molecule has 2 aliphatic carbocycles. The van der Waals surface area contributed by atoms with Crippen LogP contribution in [-0.2, 0) is 0 Å². The van der Waals surface area contributed by atoms with E-state index >= 15 is 0 Å². The molecule has 6 heteroatoms. The van der Waals surface area contributed by atoms with Gasteiger partial charge in [0.25, 0.3) is 0 Å². The molecule has 6 rings (SSSR count). The van der Waals surface area contributed by atoms with Crippen molar-refractivity contribution in [2.24, 2.45) is 11.3 Å². The van der Waals surface area contributed by atoms with Crippen molar-refractivity contribution in [1.82, 2.24) is 13.9 Å². The van der Waals surface area contributed by atoms with Crippen molar-refractivity contribution < 1.29 is 0 Å². The molecule has 0 amide bonds. The summed E-state index contributed by atoms with van der Waals surface area (Å²) in [6, 6.07) is 10.5. The summed E-state index contributed by atoms with van der Waals surface area (Å²) < 4.78 is 4.13. The molecule has 23 heavy (non-hydrogen) atoms. The van der Waals surface area contributed by atoms with E-state index in [2.05, 4.69) is 6.07 Å². The number of benzene rings is 1. The number of aromatic nitrogens is 3. The second kappa shape index (κ2) is 3.82. The van der Waals surface area contributed by atoms with E-state index in [4.69, 9.17) is 0 Å². The highest BCUT2D eigenvalue weighted by Crippen LogP contribution is 2.58. The van der Waals surface area contributed by atoms with Gasteiger partial charge in [-0.1, -0.05) is 42.5 Å². The fourth-order valence-electron chi connectivity index (χ4n) is 4.09. The second-order valence-electron chi connectivity index (χ2n) is 6.18. The zero-order chi connectivity index (χ0) is 15.8. The summed E-state index contributed by atoms with van der Waals surface area (Å²) in [4.78, 5) is 25.8. The quantitative estimate of drug-likeness (QED) is 0.742. The van der Waals surface area contributed by atoms with Crippen molar-refractivity contribution in [2.75, 3.05) is 0 Å². The Morgan fingerprint density at radius 1 is 1.00 bits per heavy atom. The van der Waals surface area contributed by atoms with Crippen molar-refractivity contribution >= 4 is 0 Å². The van der Waals surface area contributed by atoms with Crippen molar-refractivity contribution in [1.29, 1.82) is 5.26 Å². The van der Waals surface area contributed by atoms with Crippen LogP contribution >= 0.6 is 0 Å². The maximum Gasteiger partial charge on any atom is 0.352 e. The van der Waals surface area contributed by atoms with E-state index in [1.54, 1.807) is 24.3 Å². The minimum Gasteiger partial charge on any atom is -0.245 e. The first-order chi connectivity index (χ1) is 11.2. The average Bonchev–Trinajstić information content (AvgIpc) is 2.81. The van der Waals surface area contributed by atoms with Gasteiger partial charge in [-0.3, -0.25) is 0 Å². The van der Waals surface area contributed by atoms with Gasteiger partial charge in [0.2, 0.25) is 0 Å². The van der Waals surface area contributed by atoms with E-state index in [0.717, 1.165) is 0 Å². The summed E-state index contributed by atoms with van der Waals surface area (Å²) in [6.07, 6.45) is 7.64. The van der Waals surface area contributed by atoms with Gasteiger partial charge in [0, 0.05) is 5.92 Å². The molecule has 2 aliphatic heterocycles. The highest BCUT2D eigenvalue weighted by Gasteiger charge is 2.59. The molecule has 4 atom stereocenters. The van der Waals surface area contributed by atoms with Crippen LogP contribution in [0, 0.1) is 22.7 Å². The normalized spacial score (nSPS) is 32.0. The van der Waals surface area contributed by atoms with E-state index in [-0.39, 0.29) is 17.6 Å². The summed E-state index contributed by atoms with van der Waals surface area (Å²) in [5.74, 6) is -0.0498. The summed E-state index contributed by atoms with van der Waals surface area (Å²) in [5, 5.41) is 9.66. The predicted octanol–water partition coefficient (Wildman–Crippen LogP) is 1.16. The zero-order valence-electron chi connectivity index (χ0n) is 12.0. The van der Waals surface area contributed by atoms with Gasteiger partial charge >= 0.3 is 11.4 Å². The highest BCUT2D eigenvalue weighted by molar-refractivity contribution is 5.41. The number of allylic oxidation sites excluding steroid dienone is 4. The van der Waals surface area contributed by atoms with E-state index in [1.165, 1.54) is 13.9 Å². The van der Waals surface area contributed by atoms with Crippen LogP contribution in [0.5, 0.6) is 0 Å². The largest absolute Gasteiger partial charge is 0.352 e. The van der Waals surface area contributed by atoms with Crippen molar-refractivity contribution in [2.45, 2.75) is 12.1 Å². The third kappa shape index (κ3) is 1.21. The molecule has 112 valence electrons. The van der Waals surface area contributed by atoms with Crippen LogP contribution in [0.15, 0.2) is 64.2 Å². The minimum absolute atomic E-state index is 0.0498. The molecule has 4 aliphatic rings. The number of para-hydroxylation sites is 1. The van der Waals surface area contributed by atoms with Crippen LogP contribution < -0.4 is 11.4 Å². The number of nitriles is 1. The molecule has 2 bridgehead atoms. The SMILES string of the molecule is N#C[C@]12C=C[C@H]1[C@H]1C=C[C@H]2n2c(=O)n(-c3ccccc3)c(=O)n21. The van der Waals surface area contributed by atoms with E-state index in [0.29, 0.717) is 5.69 Å². The van der Waals surface area contributed by atoms with Gasteiger partial charge in [-0.2, -0.15) is 5.26 Å². The number of nitrogens with zero attached hydrogens (tertiary/aromatic N) is 4. The van der Waals surface area contributed by atoms with Gasteiger partial charge in [0.1, 0.15) is 5.41 Å². The first-order valence-electron chi connectivity index (χ1n) is 7.49. The first-order valence-corrected chi connectivity index (χ1v) is 7.49.